The molecule has 3 N–H and O–H groups in total. The summed E-state index contributed by atoms with van der Waals surface area (Å²) in [5.41, 5.74) is 7.67. The van der Waals surface area contributed by atoms with Crippen LogP contribution in [0.4, 0.5) is 5.69 Å². The Kier molecular flexibility index (Phi) is 6.68. The van der Waals surface area contributed by atoms with E-state index in [1.54, 1.807) is 26.4 Å². The molecule has 136 valence electrons. The summed E-state index contributed by atoms with van der Waals surface area (Å²) < 4.78 is 15.8. The zero-order valence-electron chi connectivity index (χ0n) is 15.2. The fourth-order valence-corrected chi connectivity index (χ4v) is 2.57. The first kappa shape index (κ1) is 18.6. The molecule has 0 saturated heterocycles. The van der Waals surface area contributed by atoms with Gasteiger partial charge >= 0.3 is 0 Å². The quantitative estimate of drug-likeness (QED) is 0.561. The van der Waals surface area contributed by atoms with Crippen molar-refractivity contribution in [3.05, 3.63) is 35.7 Å². The topological polar surface area (TPSA) is 94.9 Å². The molecule has 0 unspecified atom stereocenters. The van der Waals surface area contributed by atoms with Crippen molar-refractivity contribution < 1.29 is 14.0 Å². The highest BCUT2D eigenvalue weighted by Gasteiger charge is 2.12. The maximum Gasteiger partial charge on any atom is 0.193 e. The van der Waals surface area contributed by atoms with Gasteiger partial charge in [0, 0.05) is 23.7 Å². The van der Waals surface area contributed by atoms with Gasteiger partial charge in [0.15, 0.2) is 23.2 Å². The highest BCUT2D eigenvalue weighted by atomic mass is 16.5. The molecule has 7 heteroatoms. The molecule has 0 bridgehead atoms. The third-order valence-corrected chi connectivity index (χ3v) is 4.04. The number of methoxy groups -OCH3 is 2. The Labute approximate surface area is 148 Å². The van der Waals surface area contributed by atoms with Gasteiger partial charge in [-0.1, -0.05) is 19.0 Å². The Bertz CT molecular complexity index is 708. The Hall–Kier alpha value is -2.70. The molecule has 1 aromatic heterocycles. The summed E-state index contributed by atoms with van der Waals surface area (Å²) in [5.74, 6) is 2.67. The minimum Gasteiger partial charge on any atom is -0.493 e. The van der Waals surface area contributed by atoms with Crippen LogP contribution in [0.5, 0.6) is 11.5 Å². The van der Waals surface area contributed by atoms with Crippen LogP contribution in [0.2, 0.25) is 0 Å². The number of guanidine groups is 1. The number of hydrogen-bond acceptors (Lipinski definition) is 5. The SMILES string of the molecule is CCC(CC)c1cc(CN=C(N)Nc2ccc(OC)c(OC)c2)on1. The van der Waals surface area contributed by atoms with Crippen LogP contribution in [-0.2, 0) is 6.54 Å². The van der Waals surface area contributed by atoms with Crippen LogP contribution in [0.25, 0.3) is 0 Å². The van der Waals surface area contributed by atoms with Crippen LogP contribution < -0.4 is 20.5 Å². The number of anilines is 1. The lowest BCUT2D eigenvalue weighted by atomic mass is 9.99. The van der Waals surface area contributed by atoms with Crippen LogP contribution in [0, 0.1) is 0 Å². The second-order valence-corrected chi connectivity index (χ2v) is 5.63. The molecule has 25 heavy (non-hydrogen) atoms. The molecule has 0 saturated carbocycles. The van der Waals surface area contributed by atoms with E-state index in [1.165, 1.54) is 0 Å². The van der Waals surface area contributed by atoms with Gasteiger partial charge in [-0.25, -0.2) is 4.99 Å². The van der Waals surface area contributed by atoms with Gasteiger partial charge in [0.05, 0.1) is 19.9 Å². The lowest BCUT2D eigenvalue weighted by Crippen LogP contribution is -2.22. The largest absolute Gasteiger partial charge is 0.493 e. The van der Waals surface area contributed by atoms with Crippen molar-refractivity contribution in [2.45, 2.75) is 39.2 Å². The zero-order valence-corrected chi connectivity index (χ0v) is 15.2. The summed E-state index contributed by atoms with van der Waals surface area (Å²) in [6.45, 7) is 4.62. The fraction of sp³-hybridized carbons (Fsp3) is 0.444. The number of nitrogens with zero attached hydrogens (tertiary/aromatic N) is 2. The van der Waals surface area contributed by atoms with Crippen molar-refractivity contribution >= 4 is 11.6 Å². The molecule has 2 rings (SSSR count). The van der Waals surface area contributed by atoms with Crippen molar-refractivity contribution in [2.24, 2.45) is 10.7 Å². The molecule has 0 spiro atoms. The highest BCUT2D eigenvalue weighted by Crippen LogP contribution is 2.29. The third kappa shape index (κ3) is 4.89. The van der Waals surface area contributed by atoms with Crippen molar-refractivity contribution in [1.29, 1.82) is 0 Å². The Morgan fingerprint density at radius 3 is 2.56 bits per heavy atom. The molecule has 1 aromatic carbocycles. The van der Waals surface area contributed by atoms with Gasteiger partial charge in [-0.15, -0.1) is 0 Å². The summed E-state index contributed by atoms with van der Waals surface area (Å²) >= 11 is 0. The van der Waals surface area contributed by atoms with Crippen LogP contribution in [0.1, 0.15) is 44.1 Å². The first-order valence-corrected chi connectivity index (χ1v) is 8.35. The number of nitrogens with two attached hydrogens (primary N) is 1. The van der Waals surface area contributed by atoms with E-state index in [0.29, 0.717) is 29.7 Å². The molecule has 7 nitrogen and oxygen atoms in total. The number of ether oxygens (including phenoxy) is 2. The zero-order chi connectivity index (χ0) is 18.2. The third-order valence-electron chi connectivity index (χ3n) is 4.04. The molecule has 0 aliphatic rings. The molecular formula is C18H26N4O3. The van der Waals surface area contributed by atoms with Gasteiger partial charge in [0.2, 0.25) is 0 Å². The van der Waals surface area contributed by atoms with Crippen LogP contribution in [0.3, 0.4) is 0 Å². The lowest BCUT2D eigenvalue weighted by Gasteiger charge is -2.10. The second kappa shape index (κ2) is 8.96. The number of aromatic nitrogens is 1. The maximum atomic E-state index is 5.94. The molecule has 0 aliphatic carbocycles. The molecule has 2 aromatic rings. The molecule has 0 amide bonds. The van der Waals surface area contributed by atoms with E-state index < -0.39 is 0 Å². The maximum absolute atomic E-state index is 5.94. The minimum atomic E-state index is 0.285. The van der Waals surface area contributed by atoms with Gasteiger partial charge in [-0.2, -0.15) is 0 Å². The van der Waals surface area contributed by atoms with E-state index in [1.807, 2.05) is 12.1 Å². The predicted molar refractivity (Wildman–Crippen MR) is 98.3 cm³/mol. The summed E-state index contributed by atoms with van der Waals surface area (Å²) in [4.78, 5) is 4.29. The van der Waals surface area contributed by atoms with Crippen molar-refractivity contribution in [2.75, 3.05) is 19.5 Å². The number of hydrogen-bond donors (Lipinski definition) is 2. The normalized spacial score (nSPS) is 11.6. The summed E-state index contributed by atoms with van der Waals surface area (Å²) in [5, 5.41) is 7.15. The van der Waals surface area contributed by atoms with E-state index >= 15 is 0 Å². The van der Waals surface area contributed by atoms with Gasteiger partial charge < -0.3 is 25.0 Å². The molecule has 0 aliphatic heterocycles. The van der Waals surface area contributed by atoms with E-state index in [2.05, 4.69) is 29.3 Å². The number of benzene rings is 1. The molecular weight excluding hydrogens is 320 g/mol. The second-order valence-electron chi connectivity index (χ2n) is 5.63. The standard InChI is InChI=1S/C18H26N4O3/c1-5-12(6-2)15-10-14(25-22-15)11-20-18(19)21-13-7-8-16(23-3)17(9-13)24-4/h7-10,12H,5-6,11H2,1-4H3,(H3,19,20,21). The number of aliphatic imine (C=N–C) groups is 1. The summed E-state index contributed by atoms with van der Waals surface area (Å²) in [7, 11) is 3.18. The van der Waals surface area contributed by atoms with Crippen LogP contribution >= 0.6 is 0 Å². The molecule has 1 heterocycles. The van der Waals surface area contributed by atoms with E-state index in [0.717, 1.165) is 24.2 Å². The molecule has 0 radical (unpaired) electrons. The van der Waals surface area contributed by atoms with Gasteiger partial charge in [-0.3, -0.25) is 0 Å². The Morgan fingerprint density at radius 1 is 1.20 bits per heavy atom. The van der Waals surface area contributed by atoms with Crippen molar-refractivity contribution in [3.63, 3.8) is 0 Å². The van der Waals surface area contributed by atoms with E-state index in [4.69, 9.17) is 19.7 Å². The van der Waals surface area contributed by atoms with Crippen LogP contribution in [-0.4, -0.2) is 25.3 Å². The summed E-state index contributed by atoms with van der Waals surface area (Å²) in [6, 6.07) is 7.38. The number of nitrogens with one attached hydrogen (secondary N) is 1. The monoisotopic (exact) mass is 346 g/mol. The Balaban J connectivity index is 2.00. The lowest BCUT2D eigenvalue weighted by molar-refractivity contribution is 0.355. The number of rotatable bonds is 8. The average Bonchev–Trinajstić information content (AvgIpc) is 3.09. The van der Waals surface area contributed by atoms with Gasteiger partial charge in [0.1, 0.15) is 6.54 Å². The fourth-order valence-electron chi connectivity index (χ4n) is 2.57. The first-order valence-electron chi connectivity index (χ1n) is 8.35. The van der Waals surface area contributed by atoms with E-state index in [-0.39, 0.29) is 5.96 Å². The van der Waals surface area contributed by atoms with Crippen LogP contribution in [0.15, 0.2) is 33.8 Å². The van der Waals surface area contributed by atoms with Gasteiger partial charge in [0.25, 0.3) is 0 Å². The smallest absolute Gasteiger partial charge is 0.193 e. The Morgan fingerprint density at radius 2 is 1.92 bits per heavy atom. The van der Waals surface area contributed by atoms with E-state index in [9.17, 15) is 0 Å². The molecule has 0 atom stereocenters. The highest BCUT2D eigenvalue weighted by molar-refractivity contribution is 5.92. The van der Waals surface area contributed by atoms with Crippen molar-refractivity contribution in [3.8, 4) is 11.5 Å². The predicted octanol–water partition coefficient (Wildman–Crippen LogP) is 3.52. The molecule has 0 fully saturated rings. The first-order chi connectivity index (χ1) is 12.1. The summed E-state index contributed by atoms with van der Waals surface area (Å²) in [6.07, 6.45) is 2.07. The average molecular weight is 346 g/mol. The van der Waals surface area contributed by atoms with Crippen molar-refractivity contribution in [1.82, 2.24) is 5.16 Å². The minimum absolute atomic E-state index is 0.285. The van der Waals surface area contributed by atoms with Gasteiger partial charge in [-0.05, 0) is 25.0 Å².